The molecule has 1 aromatic carbocycles. The van der Waals surface area contributed by atoms with Gasteiger partial charge >= 0.3 is 0 Å². The van der Waals surface area contributed by atoms with E-state index in [9.17, 15) is 0 Å². The van der Waals surface area contributed by atoms with Gasteiger partial charge in [0.25, 0.3) is 0 Å². The smallest absolute Gasteiger partial charge is 0.0953 e. The van der Waals surface area contributed by atoms with Crippen molar-refractivity contribution < 1.29 is 0 Å². The van der Waals surface area contributed by atoms with E-state index in [1.54, 1.807) is 5.56 Å². The Labute approximate surface area is 128 Å². The zero-order valence-corrected chi connectivity index (χ0v) is 13.0. The van der Waals surface area contributed by atoms with Gasteiger partial charge in [0, 0.05) is 31.9 Å². The molecule has 3 aliphatic heterocycles. The van der Waals surface area contributed by atoms with Crippen LogP contribution >= 0.6 is 0 Å². The van der Waals surface area contributed by atoms with Crippen LogP contribution in [-0.4, -0.2) is 42.4 Å². The van der Waals surface area contributed by atoms with Gasteiger partial charge in [0.15, 0.2) is 0 Å². The molecule has 0 bridgehead atoms. The lowest BCUT2D eigenvalue weighted by atomic mass is 9.99. The number of aryl methyl sites for hydroxylation is 1. The molecule has 0 aromatic heterocycles. The molecule has 21 heavy (non-hydrogen) atoms. The van der Waals surface area contributed by atoms with Gasteiger partial charge in [-0.15, -0.1) is 0 Å². The number of para-hydroxylation sites is 1. The van der Waals surface area contributed by atoms with Gasteiger partial charge in [-0.1, -0.05) is 18.2 Å². The summed E-state index contributed by atoms with van der Waals surface area (Å²) in [6.07, 6.45) is 9.98. The van der Waals surface area contributed by atoms with Crippen molar-refractivity contribution in [3.63, 3.8) is 0 Å². The molecule has 0 spiro atoms. The van der Waals surface area contributed by atoms with Crippen LogP contribution in [0.2, 0.25) is 0 Å². The van der Waals surface area contributed by atoms with Crippen LogP contribution in [0.15, 0.2) is 24.3 Å². The third kappa shape index (κ3) is 2.58. The van der Waals surface area contributed by atoms with Crippen molar-refractivity contribution in [3.05, 3.63) is 29.8 Å². The zero-order valence-electron chi connectivity index (χ0n) is 13.0. The van der Waals surface area contributed by atoms with Crippen LogP contribution in [0.25, 0.3) is 0 Å². The van der Waals surface area contributed by atoms with E-state index in [4.69, 9.17) is 0 Å². The normalized spacial score (nSPS) is 27.8. The number of hydrogen-bond acceptors (Lipinski definition) is 3. The summed E-state index contributed by atoms with van der Waals surface area (Å²) in [6.45, 7) is 5.02. The van der Waals surface area contributed by atoms with E-state index in [1.807, 2.05) is 0 Å². The maximum atomic E-state index is 2.71. The number of piperidine rings is 1. The number of rotatable bonds is 2. The first-order valence-corrected chi connectivity index (χ1v) is 8.79. The van der Waals surface area contributed by atoms with Crippen molar-refractivity contribution in [2.24, 2.45) is 0 Å². The fourth-order valence-electron chi connectivity index (χ4n) is 4.38. The summed E-state index contributed by atoms with van der Waals surface area (Å²) in [7, 11) is 0. The molecule has 3 heterocycles. The first-order valence-electron chi connectivity index (χ1n) is 8.79. The third-order valence-electron chi connectivity index (χ3n) is 5.40. The second-order valence-corrected chi connectivity index (χ2v) is 6.73. The molecule has 1 atom stereocenters. The molecule has 3 heteroatoms. The number of hydrogen-bond donors (Lipinski definition) is 0. The lowest BCUT2D eigenvalue weighted by Crippen LogP contribution is -2.58. The largest absolute Gasteiger partial charge is 0.354 e. The van der Waals surface area contributed by atoms with Crippen LogP contribution in [0.1, 0.15) is 44.1 Å². The van der Waals surface area contributed by atoms with Crippen LogP contribution in [-0.2, 0) is 6.42 Å². The van der Waals surface area contributed by atoms with Crippen LogP contribution in [0.4, 0.5) is 5.69 Å². The second kappa shape index (κ2) is 5.98. The summed E-state index contributed by atoms with van der Waals surface area (Å²) in [5.74, 6) is 0. The number of benzene rings is 1. The molecule has 1 unspecified atom stereocenters. The predicted molar refractivity (Wildman–Crippen MR) is 87.3 cm³/mol. The lowest BCUT2D eigenvalue weighted by Gasteiger charge is -2.48. The highest BCUT2D eigenvalue weighted by molar-refractivity contribution is 5.56. The summed E-state index contributed by atoms with van der Waals surface area (Å²) < 4.78 is 0. The maximum absolute atomic E-state index is 2.71. The Morgan fingerprint density at radius 3 is 2.52 bits per heavy atom. The van der Waals surface area contributed by atoms with Crippen LogP contribution < -0.4 is 4.90 Å². The number of anilines is 1. The van der Waals surface area contributed by atoms with E-state index < -0.39 is 0 Å². The Balaban J connectivity index is 1.61. The standard InChI is InChI=1S/C18H27N3/c1-2-10-17-16(8-1)9-7-14-20(17)18-11-3-4-15-21(18)19-12-5-6-13-19/h1-2,8,10,18H,3-7,9,11-15H2. The van der Waals surface area contributed by atoms with Crippen LogP contribution in [0, 0.1) is 0 Å². The Hall–Kier alpha value is -1.06. The lowest BCUT2D eigenvalue weighted by molar-refractivity contribution is -0.0625. The van der Waals surface area contributed by atoms with Gasteiger partial charge in [0.1, 0.15) is 0 Å². The number of nitrogens with zero attached hydrogens (tertiary/aromatic N) is 3. The highest BCUT2D eigenvalue weighted by Crippen LogP contribution is 2.33. The van der Waals surface area contributed by atoms with Gasteiger partial charge in [-0.3, -0.25) is 0 Å². The third-order valence-corrected chi connectivity index (χ3v) is 5.40. The molecule has 3 nitrogen and oxygen atoms in total. The minimum atomic E-state index is 0.596. The quantitative estimate of drug-likeness (QED) is 0.826. The molecule has 0 aliphatic carbocycles. The Bertz CT molecular complexity index is 481. The summed E-state index contributed by atoms with van der Waals surface area (Å²) in [6, 6.07) is 9.07. The molecule has 0 saturated carbocycles. The summed E-state index contributed by atoms with van der Waals surface area (Å²) >= 11 is 0. The van der Waals surface area contributed by atoms with Crippen LogP contribution in [0.3, 0.4) is 0 Å². The van der Waals surface area contributed by atoms with Gasteiger partial charge in [0.05, 0.1) is 6.17 Å². The fraction of sp³-hybridized carbons (Fsp3) is 0.667. The van der Waals surface area contributed by atoms with E-state index in [1.165, 1.54) is 76.8 Å². The molecule has 4 rings (SSSR count). The topological polar surface area (TPSA) is 9.72 Å². The monoisotopic (exact) mass is 285 g/mol. The van der Waals surface area contributed by atoms with Crippen molar-refractivity contribution in [2.75, 3.05) is 31.1 Å². The highest BCUT2D eigenvalue weighted by Gasteiger charge is 2.34. The molecule has 2 fully saturated rings. The van der Waals surface area contributed by atoms with E-state index in [0.717, 1.165) is 0 Å². The van der Waals surface area contributed by atoms with Crippen molar-refractivity contribution in [1.29, 1.82) is 0 Å². The van der Waals surface area contributed by atoms with Gasteiger partial charge in [-0.2, -0.15) is 0 Å². The van der Waals surface area contributed by atoms with Gasteiger partial charge in [0.2, 0.25) is 0 Å². The Morgan fingerprint density at radius 2 is 1.62 bits per heavy atom. The van der Waals surface area contributed by atoms with Gasteiger partial charge in [-0.25, -0.2) is 10.0 Å². The summed E-state index contributed by atoms with van der Waals surface area (Å²) in [5.41, 5.74) is 3.05. The van der Waals surface area contributed by atoms with Crippen molar-refractivity contribution in [3.8, 4) is 0 Å². The average Bonchev–Trinajstić information content (AvgIpc) is 3.09. The van der Waals surface area contributed by atoms with Crippen molar-refractivity contribution in [1.82, 2.24) is 10.0 Å². The first kappa shape index (κ1) is 13.6. The van der Waals surface area contributed by atoms with Crippen molar-refractivity contribution >= 4 is 5.69 Å². The van der Waals surface area contributed by atoms with Crippen molar-refractivity contribution in [2.45, 2.75) is 51.1 Å². The van der Waals surface area contributed by atoms with E-state index in [2.05, 4.69) is 39.2 Å². The number of hydrazine groups is 1. The number of fused-ring (bicyclic) bond motifs is 1. The predicted octanol–water partition coefficient (Wildman–Crippen LogP) is 3.26. The van der Waals surface area contributed by atoms with E-state index >= 15 is 0 Å². The van der Waals surface area contributed by atoms with E-state index in [0.29, 0.717) is 6.17 Å². The Kier molecular flexibility index (Phi) is 3.87. The Morgan fingerprint density at radius 1 is 0.810 bits per heavy atom. The summed E-state index contributed by atoms with van der Waals surface area (Å²) in [4.78, 5) is 2.70. The van der Waals surface area contributed by atoms with E-state index in [-0.39, 0.29) is 0 Å². The molecule has 0 amide bonds. The zero-order chi connectivity index (χ0) is 14.1. The average molecular weight is 285 g/mol. The SMILES string of the molecule is c1ccc2c(c1)CCCN2C1CCCCN1N1CCCC1. The second-order valence-electron chi connectivity index (χ2n) is 6.73. The fourth-order valence-corrected chi connectivity index (χ4v) is 4.38. The minimum absolute atomic E-state index is 0.596. The molecule has 1 aromatic rings. The molecule has 2 saturated heterocycles. The molecule has 0 radical (unpaired) electrons. The maximum Gasteiger partial charge on any atom is 0.0953 e. The molecular weight excluding hydrogens is 258 g/mol. The summed E-state index contributed by atoms with van der Waals surface area (Å²) in [5, 5.41) is 5.35. The first-order chi connectivity index (χ1) is 10.4. The molecule has 3 aliphatic rings. The molecule has 114 valence electrons. The van der Waals surface area contributed by atoms with Crippen LogP contribution in [0.5, 0.6) is 0 Å². The molecule has 0 N–H and O–H groups in total. The van der Waals surface area contributed by atoms with Gasteiger partial charge in [-0.05, 0) is 56.6 Å². The highest BCUT2D eigenvalue weighted by atomic mass is 15.7. The molecular formula is C18H27N3. The minimum Gasteiger partial charge on any atom is -0.354 e. The van der Waals surface area contributed by atoms with Gasteiger partial charge < -0.3 is 4.90 Å².